The summed E-state index contributed by atoms with van der Waals surface area (Å²) in [6, 6.07) is 88.4. The minimum absolute atomic E-state index is 0.00433. The molecule has 8 aliphatic rings. The molecule has 8 fully saturated rings. The van der Waals surface area contributed by atoms with Gasteiger partial charge in [0.05, 0.1) is 127 Å². The lowest BCUT2D eigenvalue weighted by molar-refractivity contribution is -0.167. The molecule has 12 aromatic rings. The zero-order valence-corrected chi connectivity index (χ0v) is 76.3. The third-order valence-electron chi connectivity index (χ3n) is 28.0. The van der Waals surface area contributed by atoms with Gasteiger partial charge in [-0.3, -0.25) is 58.3 Å². The number of methoxy groups -OCH3 is 2. The van der Waals surface area contributed by atoms with Gasteiger partial charge in [0, 0.05) is 112 Å². The van der Waals surface area contributed by atoms with E-state index in [0.717, 1.165) is 33.6 Å². The van der Waals surface area contributed by atoms with Crippen LogP contribution in [-0.2, 0) is 73.5 Å². The van der Waals surface area contributed by atoms with Crippen LogP contribution in [0.2, 0.25) is 0 Å². The van der Waals surface area contributed by atoms with Crippen LogP contribution in [0.15, 0.2) is 292 Å². The lowest BCUT2D eigenvalue weighted by Crippen LogP contribution is -2.73. The molecule has 0 unspecified atom stereocenters. The van der Waals surface area contributed by atoms with Crippen molar-refractivity contribution in [3.05, 3.63) is 359 Å². The van der Waals surface area contributed by atoms with Crippen LogP contribution in [0.5, 0.6) is 0 Å². The fourth-order valence-corrected chi connectivity index (χ4v) is 21.3. The van der Waals surface area contributed by atoms with E-state index in [1.807, 2.05) is 119 Å². The van der Waals surface area contributed by atoms with E-state index in [1.54, 1.807) is 68.4 Å². The van der Waals surface area contributed by atoms with Crippen LogP contribution in [0.1, 0.15) is 91.0 Å². The molecule has 12 atom stereocenters. The monoisotopic (exact) mass is 1790 g/mol. The van der Waals surface area contributed by atoms with Gasteiger partial charge < -0.3 is 58.9 Å². The second-order valence-electron chi connectivity index (χ2n) is 36.0. The van der Waals surface area contributed by atoms with E-state index in [4.69, 9.17) is 9.47 Å². The Morgan fingerprint density at radius 1 is 0.291 bits per heavy atom. The minimum Gasteiger partial charge on any atom is -0.394 e. The predicted molar refractivity (Wildman–Crippen MR) is 511 cm³/mol. The third kappa shape index (κ3) is 19.5. The lowest BCUT2D eigenvalue weighted by atomic mass is 9.73. The van der Waals surface area contributed by atoms with Crippen molar-refractivity contribution >= 4 is 47.3 Å². The van der Waals surface area contributed by atoms with Crippen molar-refractivity contribution in [2.45, 2.75) is 125 Å². The van der Waals surface area contributed by atoms with Gasteiger partial charge in [0.25, 0.3) is 0 Å². The maximum Gasteiger partial charge on any atom is 0.242 e. The summed E-state index contributed by atoms with van der Waals surface area (Å²) in [4.78, 5) is 134. The van der Waals surface area contributed by atoms with Gasteiger partial charge in [-0.05, 0) is 165 Å². The van der Waals surface area contributed by atoms with Crippen molar-refractivity contribution in [3.8, 4) is 44.5 Å². The van der Waals surface area contributed by atoms with Crippen LogP contribution >= 0.6 is 0 Å². The predicted octanol–water partition coefficient (Wildman–Crippen LogP) is 12.5. The Morgan fingerprint density at radius 3 is 0.701 bits per heavy atom. The SMILES string of the molecule is COC[C@@H]1[C@H](c2ccc(-c3ccccc3C)cc2)[C@@H]2CN(C(=O)Cc3ccccn3)CC(=O)N12.COC[C@H]1[C@H](c2ccc(-c3ccccc3C)cc2)[C@H]2CN(C(=O)Cc3ccccn3)CC(=O)N21.Cc1ccccc1-c1ccc([C@@H]2[C@H]3CN(C(=O)Cc4ccccn4)CC(=O)N3[C@H]2CO)cc1.Cc1ccccc1-c1ccc([C@H]2[C@@H](CO)N3C(=O)CN(C(=O)Cc4ccccn4)C[C@@H]23)cc1. The number of benzene rings is 8. The second-order valence-corrected chi connectivity index (χ2v) is 36.0. The van der Waals surface area contributed by atoms with Gasteiger partial charge in [-0.1, -0.05) is 218 Å². The number of aromatic nitrogens is 4. The van der Waals surface area contributed by atoms with Crippen molar-refractivity contribution in [3.63, 3.8) is 0 Å². The van der Waals surface area contributed by atoms with Crippen molar-refractivity contribution in [1.82, 2.24) is 59.1 Å². The Hall–Kier alpha value is -14.0. The second kappa shape index (κ2) is 41.4. The van der Waals surface area contributed by atoms with Crippen LogP contribution in [0.3, 0.4) is 0 Å². The Morgan fingerprint density at radius 2 is 0.500 bits per heavy atom. The number of carbonyl (C=O) groups is 8. The molecule has 12 heterocycles. The molecule has 24 heteroatoms. The van der Waals surface area contributed by atoms with Gasteiger partial charge in [0.15, 0.2) is 0 Å². The molecule has 8 aliphatic heterocycles. The Bertz CT molecular complexity index is 5810. The van der Waals surface area contributed by atoms with E-state index < -0.39 is 0 Å². The first-order chi connectivity index (χ1) is 65.3. The third-order valence-corrected chi connectivity index (χ3v) is 28.0. The molecule has 0 aliphatic carbocycles. The summed E-state index contributed by atoms with van der Waals surface area (Å²) >= 11 is 0. The number of hydrogen-bond donors (Lipinski definition) is 2. The van der Waals surface area contributed by atoms with E-state index in [9.17, 15) is 48.6 Å². The number of piperazine rings is 4. The zero-order chi connectivity index (χ0) is 93.2. The van der Waals surface area contributed by atoms with Crippen molar-refractivity contribution < 1.29 is 58.0 Å². The van der Waals surface area contributed by atoms with Crippen molar-refractivity contribution in [2.75, 3.05) is 93.0 Å². The van der Waals surface area contributed by atoms with Crippen LogP contribution in [0, 0.1) is 27.7 Å². The number of nitrogens with zero attached hydrogens (tertiary/aromatic N) is 12. The Kier molecular flexibility index (Phi) is 28.4. The number of carbonyl (C=O) groups excluding carboxylic acids is 8. The minimum atomic E-state index is -0.250. The van der Waals surface area contributed by atoms with Gasteiger partial charge >= 0.3 is 0 Å². The highest BCUT2D eigenvalue weighted by Gasteiger charge is 2.59. The topological polar surface area (TPSA) is 273 Å². The van der Waals surface area contributed by atoms with Gasteiger partial charge in [-0.2, -0.15) is 0 Å². The van der Waals surface area contributed by atoms with Crippen LogP contribution in [0.25, 0.3) is 44.5 Å². The first-order valence-electron chi connectivity index (χ1n) is 46.1. The number of fused-ring (bicyclic) bond motifs is 4. The summed E-state index contributed by atoms with van der Waals surface area (Å²) in [6.07, 6.45) is 7.48. The average molecular weight is 1790 g/mol. The standard InChI is InChI=1S/2C28H29N3O3.2C27H27N3O3/c2*1-19-7-3-4-9-23(19)20-10-12-21(13-11-20)28-24-16-30(17-27(33)31(24)25(28)18-34-2)26(32)15-22-8-5-6-14-29-22;2*1-18-6-2-3-8-22(18)19-9-11-20(12-10-19)27-23-15-29(16-26(33)30(23)24(27)17-31)25(32)14-21-7-4-5-13-28-21/h2*3-14,24-25,28H,15-18H2,1-2H3;2*2-13,23-24,27,31H,14-17H2,1H3/t24-,25+,28+;24-,25+,28-;23-,24+,27+;23-,24+,27-/m0101/s1. The molecule has 2 N–H and O–H groups in total. The first-order valence-corrected chi connectivity index (χ1v) is 46.1. The number of pyridine rings is 4. The molecule has 8 saturated heterocycles. The first kappa shape index (κ1) is 91.8. The highest BCUT2D eigenvalue weighted by atomic mass is 16.5. The quantitative estimate of drug-likeness (QED) is 0.0638. The number of aliphatic hydroxyl groups excluding tert-OH is 2. The fourth-order valence-electron chi connectivity index (χ4n) is 21.3. The number of aliphatic hydroxyl groups is 2. The van der Waals surface area contributed by atoms with E-state index >= 15 is 0 Å². The van der Waals surface area contributed by atoms with Crippen LogP contribution in [0.4, 0.5) is 0 Å². The summed E-state index contributed by atoms with van der Waals surface area (Å²) in [7, 11) is 3.34. The van der Waals surface area contributed by atoms with Gasteiger partial charge in [-0.15, -0.1) is 0 Å². The number of rotatable bonds is 22. The molecular weight excluding hydrogens is 1680 g/mol. The summed E-state index contributed by atoms with van der Waals surface area (Å²) < 4.78 is 10.9. The van der Waals surface area contributed by atoms with Gasteiger partial charge in [-0.25, -0.2) is 0 Å². The number of aryl methyl sites for hydroxylation is 4. The molecule has 4 aromatic heterocycles. The Labute approximate surface area is 781 Å². The highest BCUT2D eigenvalue weighted by molar-refractivity contribution is 5.92. The largest absolute Gasteiger partial charge is 0.394 e. The Balaban J connectivity index is 0.000000124. The maximum absolute atomic E-state index is 13.0. The molecule has 0 radical (unpaired) electrons. The molecular formula is C110H112N12O12. The number of hydrogen-bond acceptors (Lipinski definition) is 16. The van der Waals surface area contributed by atoms with Crippen molar-refractivity contribution in [1.29, 1.82) is 0 Å². The molecule has 20 rings (SSSR count). The molecule has 8 aromatic carbocycles. The summed E-state index contributed by atoms with van der Waals surface area (Å²) in [5.41, 5.74) is 21.7. The van der Waals surface area contributed by atoms with Crippen LogP contribution in [-0.4, -0.2) is 258 Å². The smallest absolute Gasteiger partial charge is 0.242 e. The molecule has 0 bridgehead atoms. The highest BCUT2D eigenvalue weighted by Crippen LogP contribution is 2.49. The molecule has 0 saturated carbocycles. The van der Waals surface area contributed by atoms with Crippen molar-refractivity contribution in [2.24, 2.45) is 0 Å². The molecule has 0 spiro atoms. The summed E-state index contributed by atoms with van der Waals surface area (Å²) in [5, 5.41) is 20.1. The molecule has 24 nitrogen and oxygen atoms in total. The number of ether oxygens (including phenoxy) is 2. The fraction of sp³-hybridized carbons (Fsp3) is 0.309. The van der Waals surface area contributed by atoms with E-state index in [0.29, 0.717) is 50.8 Å². The average Bonchev–Trinajstić information content (AvgIpc) is 0.737. The summed E-state index contributed by atoms with van der Waals surface area (Å²) in [6.45, 7) is 11.5. The van der Waals surface area contributed by atoms with E-state index in [2.05, 4.69) is 205 Å². The molecule has 684 valence electrons. The number of amides is 8. The van der Waals surface area contributed by atoms with Gasteiger partial charge in [0.1, 0.15) is 0 Å². The molecule has 134 heavy (non-hydrogen) atoms. The summed E-state index contributed by atoms with van der Waals surface area (Å²) in [5.74, 6) is -0.302. The van der Waals surface area contributed by atoms with Crippen LogP contribution < -0.4 is 0 Å². The zero-order valence-electron chi connectivity index (χ0n) is 76.3. The lowest BCUT2D eigenvalue weighted by Gasteiger charge is -2.59. The normalized spacial score (nSPS) is 21.9. The maximum atomic E-state index is 13.0. The van der Waals surface area contributed by atoms with E-state index in [1.165, 1.54) is 66.8 Å². The van der Waals surface area contributed by atoms with E-state index in [-0.39, 0.29) is 184 Å². The molecule has 8 amide bonds. The van der Waals surface area contributed by atoms with Gasteiger partial charge in [0.2, 0.25) is 47.3 Å².